The van der Waals surface area contributed by atoms with Gasteiger partial charge < -0.3 is 25.4 Å². The van der Waals surface area contributed by atoms with Gasteiger partial charge in [0, 0.05) is 23.6 Å². The Balaban J connectivity index is 1.72. The van der Waals surface area contributed by atoms with Gasteiger partial charge >= 0.3 is 35.8 Å². The number of hydrogen-bond donors (Lipinski definition) is 2. The maximum atomic E-state index is 14.4. The van der Waals surface area contributed by atoms with Crippen LogP contribution in [0.2, 0.25) is 0 Å². The van der Waals surface area contributed by atoms with Crippen molar-refractivity contribution in [2.24, 2.45) is 11.5 Å². The lowest BCUT2D eigenvalue weighted by molar-refractivity contribution is -0.369. The lowest BCUT2D eigenvalue weighted by Gasteiger charge is -2.36. The molecule has 48 heavy (non-hydrogen) atoms. The van der Waals surface area contributed by atoms with E-state index in [0.29, 0.717) is 18.4 Å². The predicted octanol–water partition coefficient (Wildman–Crippen LogP) is 8.38. The van der Waals surface area contributed by atoms with Crippen molar-refractivity contribution in [2.75, 3.05) is 19.8 Å². The summed E-state index contributed by atoms with van der Waals surface area (Å²) in [5.41, 5.74) is 9.35. The van der Waals surface area contributed by atoms with E-state index in [1.807, 2.05) is 6.92 Å². The first-order valence-corrected chi connectivity index (χ1v) is 14.7. The zero-order valence-electron chi connectivity index (χ0n) is 25.4. The molecule has 17 heteroatoms. The first kappa shape index (κ1) is 38.8. The van der Waals surface area contributed by atoms with Crippen LogP contribution in [0.25, 0.3) is 22.3 Å². The Hall–Kier alpha value is -3.60. The second-order valence-corrected chi connectivity index (χ2v) is 11.1. The summed E-state index contributed by atoms with van der Waals surface area (Å²) in [5.74, 6) is -26.6. The first-order chi connectivity index (χ1) is 22.2. The molecule has 268 valence electrons. The van der Waals surface area contributed by atoms with Crippen LogP contribution in [0.5, 0.6) is 5.75 Å². The molecule has 1 unspecified atom stereocenters. The Morgan fingerprint density at radius 2 is 1.46 bits per heavy atom. The zero-order chi connectivity index (χ0) is 36.1. The first-order valence-electron chi connectivity index (χ1n) is 14.7. The quantitative estimate of drug-likeness (QED) is 0.0832. The largest absolute Gasteiger partial charge is 0.493 e. The number of carbonyl (C=O) groups excluding carboxylic acids is 1. The van der Waals surface area contributed by atoms with Gasteiger partial charge in [-0.2, -0.15) is 48.3 Å². The number of fused-ring (bicyclic) bond motifs is 1. The van der Waals surface area contributed by atoms with Crippen LogP contribution in [0.1, 0.15) is 50.2 Å². The third-order valence-corrected chi connectivity index (χ3v) is 7.43. The summed E-state index contributed by atoms with van der Waals surface area (Å²) < 4.78 is 170. The molecular formula is C31H33F11N2O4. The molecule has 0 saturated heterocycles. The highest BCUT2D eigenvalue weighted by Crippen LogP contribution is 2.54. The third kappa shape index (κ3) is 8.51. The third-order valence-electron chi connectivity index (χ3n) is 7.43. The summed E-state index contributed by atoms with van der Waals surface area (Å²) in [6, 6.07) is 7.01. The Morgan fingerprint density at radius 3 is 2.04 bits per heavy atom. The highest BCUT2D eigenvalue weighted by Gasteiger charge is 2.79. The normalized spacial score (nSPS) is 14.0. The van der Waals surface area contributed by atoms with Gasteiger partial charge in [-0.15, -0.1) is 0 Å². The number of furan rings is 1. The van der Waals surface area contributed by atoms with Gasteiger partial charge in [-0.05, 0) is 42.7 Å². The zero-order valence-corrected chi connectivity index (χ0v) is 25.4. The fourth-order valence-electron chi connectivity index (χ4n) is 4.56. The molecule has 0 radical (unpaired) electrons. The highest BCUT2D eigenvalue weighted by atomic mass is 19.4. The summed E-state index contributed by atoms with van der Waals surface area (Å²) >= 11 is 0. The molecule has 3 rings (SSSR count). The molecular weight excluding hydrogens is 673 g/mol. The number of rotatable bonds is 17. The molecule has 0 aliphatic rings. The molecule has 4 N–H and O–H groups in total. The van der Waals surface area contributed by atoms with Crippen LogP contribution in [0.3, 0.4) is 0 Å². The van der Waals surface area contributed by atoms with E-state index in [9.17, 15) is 53.1 Å². The van der Waals surface area contributed by atoms with Crippen LogP contribution >= 0.6 is 0 Å². The van der Waals surface area contributed by atoms with Gasteiger partial charge in [-0.3, -0.25) is 4.79 Å². The number of nitrogens with two attached hydrogens (primary N) is 2. The second-order valence-electron chi connectivity index (χ2n) is 11.1. The number of hydrogen-bond acceptors (Lipinski definition) is 6. The van der Waals surface area contributed by atoms with Crippen LogP contribution in [0.4, 0.5) is 48.3 Å². The standard InChI is InChI=1S/C31H33F11N2O4/c1-2-3-4-5-18-6-9-21(22(14-18)29(36,37)38)25-15-19-7-8-20(16-24(19)48-25)46-12-10-27(32,33)30(39,40)31(41,42)28(34,35)11-13-47-26(45)23(44)17-43/h6-9,14-16,23H,2-5,10-13,17,43-44H2,1H3. The van der Waals surface area contributed by atoms with E-state index in [-0.39, 0.29) is 28.0 Å². The van der Waals surface area contributed by atoms with E-state index >= 15 is 0 Å². The van der Waals surface area contributed by atoms with Crippen LogP contribution in [0, 0.1) is 0 Å². The Morgan fingerprint density at radius 1 is 0.833 bits per heavy atom. The smallest absolute Gasteiger partial charge is 0.417 e. The molecule has 2 aromatic carbocycles. The minimum absolute atomic E-state index is 0.0842. The van der Waals surface area contributed by atoms with E-state index in [1.165, 1.54) is 24.3 Å². The number of benzene rings is 2. The predicted molar refractivity (Wildman–Crippen MR) is 152 cm³/mol. The minimum Gasteiger partial charge on any atom is -0.493 e. The van der Waals surface area contributed by atoms with Gasteiger partial charge in [0.15, 0.2) is 0 Å². The molecule has 0 fully saturated rings. The van der Waals surface area contributed by atoms with Gasteiger partial charge in [0.1, 0.15) is 23.1 Å². The molecule has 6 nitrogen and oxygen atoms in total. The number of alkyl halides is 11. The van der Waals surface area contributed by atoms with Crippen LogP contribution < -0.4 is 16.2 Å². The van der Waals surface area contributed by atoms with E-state index in [4.69, 9.17) is 20.6 Å². The summed E-state index contributed by atoms with van der Waals surface area (Å²) in [7, 11) is 0. The van der Waals surface area contributed by atoms with E-state index in [1.54, 1.807) is 0 Å². The molecule has 0 aliphatic heterocycles. The molecule has 3 aromatic rings. The maximum absolute atomic E-state index is 14.4. The number of halogens is 11. The summed E-state index contributed by atoms with van der Waals surface area (Å²) in [5, 5.41) is 0.256. The molecule has 1 heterocycles. The van der Waals surface area contributed by atoms with E-state index in [0.717, 1.165) is 31.0 Å². The molecule has 1 atom stereocenters. The van der Waals surface area contributed by atoms with Crippen molar-refractivity contribution < 1.29 is 67.0 Å². The van der Waals surface area contributed by atoms with E-state index < -0.39 is 80.0 Å². The number of aryl methyl sites for hydroxylation is 1. The lowest BCUT2D eigenvalue weighted by Crippen LogP contribution is -2.62. The summed E-state index contributed by atoms with van der Waals surface area (Å²) in [6.45, 7) is -1.46. The van der Waals surface area contributed by atoms with Gasteiger partial charge in [-0.25, -0.2) is 0 Å². The second kappa shape index (κ2) is 14.9. The maximum Gasteiger partial charge on any atom is 0.417 e. The molecule has 0 amide bonds. The van der Waals surface area contributed by atoms with Crippen molar-refractivity contribution in [1.29, 1.82) is 0 Å². The van der Waals surface area contributed by atoms with E-state index in [2.05, 4.69) is 4.74 Å². The minimum atomic E-state index is -6.60. The molecule has 1 aromatic heterocycles. The monoisotopic (exact) mass is 706 g/mol. The fourth-order valence-corrected chi connectivity index (χ4v) is 4.56. The van der Waals surface area contributed by atoms with Crippen molar-refractivity contribution in [3.05, 3.63) is 53.6 Å². The van der Waals surface area contributed by atoms with Gasteiger partial charge in [0.2, 0.25) is 0 Å². The fraction of sp³-hybridized carbons (Fsp3) is 0.516. The average molecular weight is 707 g/mol. The van der Waals surface area contributed by atoms with Crippen molar-refractivity contribution >= 4 is 16.9 Å². The number of ether oxygens (including phenoxy) is 2. The SMILES string of the molecule is CCCCCc1ccc(-c2cc3ccc(OCCC(F)(F)C(F)(F)C(F)(F)C(F)(F)CCOC(=O)C(N)CN)cc3o2)c(C(F)(F)F)c1. The molecule has 0 spiro atoms. The number of esters is 1. The van der Waals surface area contributed by atoms with Gasteiger partial charge in [-0.1, -0.05) is 31.9 Å². The van der Waals surface area contributed by atoms with Crippen molar-refractivity contribution in [3.8, 4) is 17.1 Å². The topological polar surface area (TPSA) is 101 Å². The average Bonchev–Trinajstić information content (AvgIpc) is 3.43. The highest BCUT2D eigenvalue weighted by molar-refractivity contribution is 5.84. The van der Waals surface area contributed by atoms with Crippen molar-refractivity contribution in [1.82, 2.24) is 0 Å². The van der Waals surface area contributed by atoms with Crippen LogP contribution in [-0.4, -0.2) is 55.5 Å². The Kier molecular flexibility index (Phi) is 12.0. The molecule has 0 bridgehead atoms. The summed E-state index contributed by atoms with van der Waals surface area (Å²) in [6.07, 6.45) is -6.26. The van der Waals surface area contributed by atoms with Gasteiger partial charge in [0.05, 0.1) is 31.6 Å². The van der Waals surface area contributed by atoms with Crippen LogP contribution in [0.15, 0.2) is 46.9 Å². The van der Waals surface area contributed by atoms with Gasteiger partial charge in [0.25, 0.3) is 0 Å². The van der Waals surface area contributed by atoms with Crippen molar-refractivity contribution in [2.45, 2.75) is 81.4 Å². The molecule has 0 saturated carbocycles. The summed E-state index contributed by atoms with van der Waals surface area (Å²) in [4.78, 5) is 11.3. The number of unbranched alkanes of at least 4 members (excludes halogenated alkanes) is 2. The molecule has 0 aliphatic carbocycles. The van der Waals surface area contributed by atoms with Crippen molar-refractivity contribution in [3.63, 3.8) is 0 Å². The Labute approximate surface area is 267 Å². The Bertz CT molecular complexity index is 1540. The lowest BCUT2D eigenvalue weighted by atomic mass is 9.95. The number of carbonyl (C=O) groups is 1. The van der Waals surface area contributed by atoms with Crippen LogP contribution in [-0.2, 0) is 22.1 Å².